The van der Waals surface area contributed by atoms with Crippen LogP contribution in [-0.2, 0) is 25.8 Å². The van der Waals surface area contributed by atoms with E-state index in [2.05, 4.69) is 25.7 Å². The minimum absolute atomic E-state index is 0. The number of β-lactam (4-membered cyclic amide) rings is 1. The Morgan fingerprint density at radius 2 is 1.98 bits per heavy atom. The van der Waals surface area contributed by atoms with Gasteiger partial charge in [-0.05, 0) is 29.3 Å². The van der Waals surface area contributed by atoms with Crippen LogP contribution >= 0.6 is 34.9 Å². The maximum absolute atomic E-state index is 13.3. The van der Waals surface area contributed by atoms with Crippen molar-refractivity contribution >= 4 is 63.5 Å². The van der Waals surface area contributed by atoms with Crippen molar-refractivity contribution in [1.29, 1.82) is 0 Å². The van der Waals surface area contributed by atoms with Gasteiger partial charge in [0.05, 0.1) is 11.7 Å². The summed E-state index contributed by atoms with van der Waals surface area (Å²) in [6.45, 7) is 0.0811. The van der Waals surface area contributed by atoms with E-state index >= 15 is 0 Å². The van der Waals surface area contributed by atoms with E-state index in [9.17, 15) is 29.7 Å². The molecule has 0 radical (unpaired) electrons. The van der Waals surface area contributed by atoms with Crippen molar-refractivity contribution in [3.63, 3.8) is 0 Å². The van der Waals surface area contributed by atoms with Gasteiger partial charge in [-0.2, -0.15) is 0 Å². The molecule has 0 bridgehead atoms. The van der Waals surface area contributed by atoms with E-state index in [1.54, 1.807) is 0 Å². The van der Waals surface area contributed by atoms with Crippen LogP contribution in [0.5, 0.6) is 11.5 Å². The van der Waals surface area contributed by atoms with Gasteiger partial charge in [0, 0.05) is 22.4 Å². The molecule has 6 rings (SSSR count). The number of phenols is 2. The van der Waals surface area contributed by atoms with Crippen LogP contribution in [0.4, 0.5) is 5.13 Å². The fourth-order valence-corrected chi connectivity index (χ4v) is 7.32. The first kappa shape index (κ1) is 34.3. The molecule has 4 aromatic rings. The molecular formula is C28H22N7NaO8S3. The van der Waals surface area contributed by atoms with Crippen molar-refractivity contribution in [3.05, 3.63) is 76.4 Å². The molecular weight excluding hydrogens is 682 g/mol. The number of carbonyl (C=O) groups is 3. The molecule has 0 unspecified atom stereocenters. The summed E-state index contributed by atoms with van der Waals surface area (Å²) in [4.78, 5) is 49.4. The van der Waals surface area contributed by atoms with Crippen molar-refractivity contribution in [2.24, 2.45) is 5.16 Å². The molecule has 0 aliphatic carbocycles. The van der Waals surface area contributed by atoms with E-state index < -0.39 is 29.2 Å². The summed E-state index contributed by atoms with van der Waals surface area (Å²) >= 11 is 3.42. The molecule has 236 valence electrons. The first-order valence-electron chi connectivity index (χ1n) is 13.3. The van der Waals surface area contributed by atoms with Crippen molar-refractivity contribution in [3.8, 4) is 23.0 Å². The number of hydrogen-bond acceptors (Lipinski definition) is 16. The second kappa shape index (κ2) is 14.8. The number of nitrogen functional groups attached to an aromatic ring is 1. The average molecular weight is 704 g/mol. The molecule has 47 heavy (non-hydrogen) atoms. The topological polar surface area (TPSA) is 229 Å². The number of anilines is 1. The summed E-state index contributed by atoms with van der Waals surface area (Å²) in [6.07, 6.45) is 0. The van der Waals surface area contributed by atoms with Crippen molar-refractivity contribution in [1.82, 2.24) is 25.4 Å². The number of nitrogens with one attached hydrogen (secondary N) is 1. The molecule has 19 heteroatoms. The SMILES string of the molecule is Nc1nc(/C(=N/OCc2ccccc2)C(=O)N[C@@H]2C(=O)N3C(C(=O)[O-])=C(CSc4nnc(-c5ccc(O)c(O)c5)o4)CS[C@H]23)cs1.[Na+]. The fraction of sp³-hybridized carbons (Fsp3) is 0.179. The van der Waals surface area contributed by atoms with E-state index in [4.69, 9.17) is 15.0 Å². The van der Waals surface area contributed by atoms with Gasteiger partial charge in [0.25, 0.3) is 17.0 Å². The van der Waals surface area contributed by atoms with Crippen LogP contribution in [0.3, 0.4) is 0 Å². The molecule has 2 aromatic carbocycles. The summed E-state index contributed by atoms with van der Waals surface area (Å²) in [6, 6.07) is 12.1. The predicted octanol–water partition coefficient (Wildman–Crippen LogP) is -1.69. The summed E-state index contributed by atoms with van der Waals surface area (Å²) < 4.78 is 5.60. The first-order valence-corrected chi connectivity index (χ1v) is 16.2. The summed E-state index contributed by atoms with van der Waals surface area (Å²) in [7, 11) is 0. The molecule has 4 heterocycles. The number of nitrogens with zero attached hydrogens (tertiary/aromatic N) is 5. The van der Waals surface area contributed by atoms with Gasteiger partial charge < -0.3 is 40.4 Å². The van der Waals surface area contributed by atoms with Crippen LogP contribution in [0.25, 0.3) is 11.5 Å². The maximum Gasteiger partial charge on any atom is 1.00 e. The van der Waals surface area contributed by atoms with Gasteiger partial charge in [0.2, 0.25) is 5.89 Å². The van der Waals surface area contributed by atoms with Gasteiger partial charge in [0.15, 0.2) is 22.3 Å². The van der Waals surface area contributed by atoms with Crippen LogP contribution in [0.2, 0.25) is 0 Å². The number of hydrogen-bond donors (Lipinski definition) is 4. The van der Waals surface area contributed by atoms with Crippen LogP contribution in [0.15, 0.2) is 80.0 Å². The molecule has 1 saturated heterocycles. The summed E-state index contributed by atoms with van der Waals surface area (Å²) in [5, 5.41) is 47.1. The van der Waals surface area contributed by atoms with E-state index in [1.807, 2.05) is 30.3 Å². The number of benzene rings is 2. The van der Waals surface area contributed by atoms with Crippen molar-refractivity contribution < 1.29 is 68.5 Å². The van der Waals surface area contributed by atoms with Crippen molar-refractivity contribution in [2.45, 2.75) is 23.2 Å². The minimum Gasteiger partial charge on any atom is -0.543 e. The number of amides is 2. The van der Waals surface area contributed by atoms with Gasteiger partial charge >= 0.3 is 29.6 Å². The largest absolute Gasteiger partial charge is 1.00 e. The Morgan fingerprint density at radius 1 is 1.19 bits per heavy atom. The number of aromatic hydroxyl groups is 2. The predicted molar refractivity (Wildman–Crippen MR) is 165 cm³/mol. The van der Waals surface area contributed by atoms with Gasteiger partial charge in [-0.15, -0.1) is 33.3 Å². The third-order valence-corrected chi connectivity index (χ3v) is 9.65. The number of carbonyl (C=O) groups excluding carboxylic acids is 3. The Balaban J connectivity index is 0.00000433. The standard InChI is InChI=1S/C28H23N7O8S3.Na/c29-27-30-16(12-45-27)19(34-42-9-13-4-2-1-3-5-13)22(38)31-20-24(39)35-21(26(40)41)15(10-44-25(20)35)11-46-28-33-32-23(43-28)14-6-7-17(36)18(37)8-14;/h1-8,12,20,25,36-37H,9-11H2,(H2,29,30)(H,31,38)(H,40,41);/q;+1/p-1/b34-19-;/t20-,25-;/m1./s1. The normalized spacial score (nSPS) is 17.4. The minimum atomic E-state index is -1.54. The number of carboxylic acid groups (broad SMARTS) is 1. The van der Waals surface area contributed by atoms with E-state index in [0.29, 0.717) is 11.1 Å². The second-order valence-electron chi connectivity index (χ2n) is 9.74. The molecule has 1 fully saturated rings. The van der Waals surface area contributed by atoms with Crippen LogP contribution < -0.4 is 45.7 Å². The number of aliphatic carboxylic acids is 1. The second-order valence-corrected chi connectivity index (χ2v) is 12.7. The molecule has 2 amide bonds. The molecule has 15 nitrogen and oxygen atoms in total. The fourth-order valence-electron chi connectivity index (χ4n) is 4.53. The Labute approximate surface area is 300 Å². The molecule has 2 aliphatic rings. The third kappa shape index (κ3) is 7.42. The summed E-state index contributed by atoms with van der Waals surface area (Å²) in [5.74, 6) is -3.20. The molecule has 2 atom stereocenters. The zero-order valence-corrected chi connectivity index (χ0v) is 28.8. The quantitative estimate of drug-likeness (QED) is 0.0341. The Kier molecular flexibility index (Phi) is 10.8. The van der Waals surface area contributed by atoms with Gasteiger partial charge in [-0.25, -0.2) is 4.98 Å². The number of thioether (sulfide) groups is 2. The monoisotopic (exact) mass is 703 g/mol. The smallest absolute Gasteiger partial charge is 0.543 e. The van der Waals surface area contributed by atoms with E-state index in [1.165, 1.54) is 35.3 Å². The van der Waals surface area contributed by atoms with E-state index in [0.717, 1.165) is 33.6 Å². The number of oxime groups is 1. The molecule has 0 spiro atoms. The van der Waals surface area contributed by atoms with Crippen LogP contribution in [-0.4, -0.2) is 76.7 Å². The Hall–Kier alpha value is -4.07. The number of rotatable bonds is 11. The molecule has 0 saturated carbocycles. The number of fused-ring (bicyclic) bond motifs is 1. The molecule has 2 aromatic heterocycles. The number of aromatic nitrogens is 3. The van der Waals surface area contributed by atoms with Crippen LogP contribution in [0.1, 0.15) is 11.3 Å². The van der Waals surface area contributed by atoms with Gasteiger partial charge in [0.1, 0.15) is 23.7 Å². The Bertz CT molecular complexity index is 1880. The zero-order chi connectivity index (χ0) is 32.4. The van der Waals surface area contributed by atoms with Gasteiger partial charge in [-0.3, -0.25) is 14.5 Å². The Morgan fingerprint density at radius 3 is 2.68 bits per heavy atom. The third-order valence-electron chi connectivity index (χ3n) is 6.74. The zero-order valence-electron chi connectivity index (χ0n) is 24.4. The number of nitrogens with two attached hydrogens (primary N) is 1. The first-order chi connectivity index (χ1) is 22.2. The number of phenolic OH excluding ortho intramolecular Hbond substituents is 2. The van der Waals surface area contributed by atoms with E-state index in [-0.39, 0.29) is 92.5 Å². The maximum atomic E-state index is 13.3. The molecule has 2 aliphatic heterocycles. The molecule has 5 N–H and O–H groups in total. The van der Waals surface area contributed by atoms with Crippen molar-refractivity contribution in [2.75, 3.05) is 17.2 Å². The summed E-state index contributed by atoms with van der Waals surface area (Å²) in [5.41, 5.74) is 7.02. The number of thiazole rings is 1. The van der Waals surface area contributed by atoms with Gasteiger partial charge in [-0.1, -0.05) is 47.2 Å². The number of carboxylic acids is 1. The van der Waals surface area contributed by atoms with Crippen LogP contribution in [0, 0.1) is 0 Å². The average Bonchev–Trinajstić information content (AvgIpc) is 3.71.